The molecular formula is C25H33N5O4Si. The lowest BCUT2D eigenvalue weighted by molar-refractivity contribution is -0.132. The van der Waals surface area contributed by atoms with E-state index in [0.717, 1.165) is 5.56 Å². The fraction of sp³-hybridized carbons (Fsp3) is 0.480. The van der Waals surface area contributed by atoms with Crippen LogP contribution in [0.1, 0.15) is 32.6 Å². The highest BCUT2D eigenvalue weighted by atomic mass is 28.4. The fourth-order valence-corrected chi connectivity index (χ4v) is 5.14. The summed E-state index contributed by atoms with van der Waals surface area (Å²) >= 11 is 0. The molecule has 5 atom stereocenters. The van der Waals surface area contributed by atoms with Gasteiger partial charge in [-0.05, 0) is 29.8 Å². The minimum Gasteiger partial charge on any atom is -0.414 e. The first-order chi connectivity index (χ1) is 16.6. The van der Waals surface area contributed by atoms with Crippen LogP contribution in [0.2, 0.25) is 18.1 Å². The highest BCUT2D eigenvalue weighted by Crippen LogP contribution is 2.42. The van der Waals surface area contributed by atoms with Crippen molar-refractivity contribution >= 4 is 31.4 Å². The average Bonchev–Trinajstić information content (AvgIpc) is 3.50. The van der Waals surface area contributed by atoms with Crippen molar-refractivity contribution in [2.45, 2.75) is 69.7 Å². The van der Waals surface area contributed by atoms with Gasteiger partial charge in [-0.25, -0.2) is 15.0 Å². The van der Waals surface area contributed by atoms with Gasteiger partial charge in [-0.15, -0.1) is 0 Å². The molecule has 2 saturated heterocycles. The number of fused-ring (bicyclic) bond motifs is 2. The van der Waals surface area contributed by atoms with Crippen LogP contribution in [-0.2, 0) is 18.6 Å². The number of nitrogen functional groups attached to an aromatic ring is 1. The highest BCUT2D eigenvalue weighted by Gasteiger charge is 2.54. The molecule has 0 radical (unpaired) electrons. The van der Waals surface area contributed by atoms with Crippen LogP contribution in [0.5, 0.6) is 0 Å². The van der Waals surface area contributed by atoms with Gasteiger partial charge in [0.1, 0.15) is 30.2 Å². The Balaban J connectivity index is 1.41. The Labute approximate surface area is 206 Å². The summed E-state index contributed by atoms with van der Waals surface area (Å²) in [6.07, 6.45) is 5.10. The first-order valence-electron chi connectivity index (χ1n) is 11.9. The van der Waals surface area contributed by atoms with Crippen LogP contribution >= 0.6 is 0 Å². The molecule has 4 heterocycles. The number of nitrogens with two attached hydrogens (primary N) is 1. The second kappa shape index (κ2) is 9.10. The quantitative estimate of drug-likeness (QED) is 0.508. The third-order valence-electron chi connectivity index (χ3n) is 7.19. The topological polar surface area (TPSA) is 107 Å². The summed E-state index contributed by atoms with van der Waals surface area (Å²) in [6, 6.07) is 10.1. The number of ether oxygens (including phenoxy) is 3. The van der Waals surface area contributed by atoms with Crippen molar-refractivity contribution in [2.24, 2.45) is 0 Å². The molecule has 9 nitrogen and oxygen atoms in total. The predicted octanol–water partition coefficient (Wildman–Crippen LogP) is 4.15. The second-order valence-corrected chi connectivity index (χ2v) is 15.4. The maximum atomic E-state index is 6.51. The Morgan fingerprint density at radius 2 is 1.80 bits per heavy atom. The maximum Gasteiger partial charge on any atom is 0.192 e. The standard InChI is InChI=1S/C25H33N5O4Si/c1-25(2,3)35(4,5)31-13-17-20-21(34-18(33-20)12-11-16-9-7-6-8-10-16)24(32-17)30-15-29-19-22(26)27-14-28-23(19)30/h6-12,14-15,17-18,20-21,24H,13H2,1-5H3,(H2,26,27,28)/b12-11+/t17-,18+,20?,21?,24-/m1/s1. The molecule has 0 aliphatic carbocycles. The van der Waals surface area contributed by atoms with Gasteiger partial charge in [-0.3, -0.25) is 4.57 Å². The molecule has 0 saturated carbocycles. The van der Waals surface area contributed by atoms with Crippen LogP contribution in [-0.4, -0.2) is 59.0 Å². The van der Waals surface area contributed by atoms with Crippen molar-refractivity contribution in [1.82, 2.24) is 19.5 Å². The van der Waals surface area contributed by atoms with Crippen molar-refractivity contribution < 1.29 is 18.6 Å². The van der Waals surface area contributed by atoms with Crippen molar-refractivity contribution in [1.29, 1.82) is 0 Å². The second-order valence-electron chi connectivity index (χ2n) is 10.6. The van der Waals surface area contributed by atoms with E-state index in [1.54, 1.807) is 6.33 Å². The maximum absolute atomic E-state index is 6.51. The predicted molar refractivity (Wildman–Crippen MR) is 136 cm³/mol. The number of aromatic nitrogens is 4. The van der Waals surface area contributed by atoms with Crippen molar-refractivity contribution in [3.05, 3.63) is 54.6 Å². The minimum atomic E-state index is -1.98. The molecule has 2 aliphatic heterocycles. The lowest BCUT2D eigenvalue weighted by Gasteiger charge is -2.37. The highest BCUT2D eigenvalue weighted by molar-refractivity contribution is 6.74. The zero-order valence-corrected chi connectivity index (χ0v) is 21.8. The van der Waals surface area contributed by atoms with Gasteiger partial charge in [0, 0.05) is 0 Å². The van der Waals surface area contributed by atoms with E-state index in [2.05, 4.69) is 48.8 Å². The van der Waals surface area contributed by atoms with Crippen LogP contribution in [0, 0.1) is 0 Å². The third-order valence-corrected chi connectivity index (χ3v) is 11.7. The molecule has 5 rings (SSSR count). The molecule has 0 amide bonds. The molecular weight excluding hydrogens is 462 g/mol. The average molecular weight is 496 g/mol. The van der Waals surface area contributed by atoms with Gasteiger partial charge in [0.15, 0.2) is 32.3 Å². The molecule has 3 aromatic rings. The number of anilines is 1. The lowest BCUT2D eigenvalue weighted by atomic mass is 10.1. The van der Waals surface area contributed by atoms with E-state index in [1.807, 2.05) is 47.1 Å². The Morgan fingerprint density at radius 3 is 2.54 bits per heavy atom. The summed E-state index contributed by atoms with van der Waals surface area (Å²) < 4.78 is 27.5. The first-order valence-corrected chi connectivity index (χ1v) is 14.8. The molecule has 10 heteroatoms. The molecule has 35 heavy (non-hydrogen) atoms. The molecule has 2 unspecified atom stereocenters. The Hall–Kier alpha value is -2.63. The Morgan fingerprint density at radius 1 is 1.06 bits per heavy atom. The van der Waals surface area contributed by atoms with E-state index in [4.69, 9.17) is 24.4 Å². The van der Waals surface area contributed by atoms with Crippen LogP contribution < -0.4 is 5.73 Å². The van der Waals surface area contributed by atoms with E-state index < -0.39 is 20.8 Å². The number of benzene rings is 1. The number of imidazole rings is 1. The van der Waals surface area contributed by atoms with Crippen LogP contribution in [0.25, 0.3) is 17.2 Å². The Kier molecular flexibility index (Phi) is 6.26. The third kappa shape index (κ3) is 4.64. The molecule has 0 spiro atoms. The van der Waals surface area contributed by atoms with Crippen LogP contribution in [0.3, 0.4) is 0 Å². The van der Waals surface area contributed by atoms with Crippen molar-refractivity contribution in [2.75, 3.05) is 12.3 Å². The van der Waals surface area contributed by atoms with Crippen molar-refractivity contribution in [3.63, 3.8) is 0 Å². The van der Waals surface area contributed by atoms with Crippen LogP contribution in [0.4, 0.5) is 5.82 Å². The molecule has 186 valence electrons. The number of hydrogen-bond donors (Lipinski definition) is 1. The minimum absolute atomic E-state index is 0.0907. The Bertz CT molecular complexity index is 1210. The molecule has 2 fully saturated rings. The van der Waals surface area contributed by atoms with Gasteiger partial charge >= 0.3 is 0 Å². The van der Waals surface area contributed by atoms with Gasteiger partial charge in [0.25, 0.3) is 0 Å². The summed E-state index contributed by atoms with van der Waals surface area (Å²) in [5.41, 5.74) is 8.22. The fourth-order valence-electron chi connectivity index (χ4n) is 4.13. The van der Waals surface area contributed by atoms with E-state index >= 15 is 0 Å². The van der Waals surface area contributed by atoms with Crippen molar-refractivity contribution in [3.8, 4) is 0 Å². The summed E-state index contributed by atoms with van der Waals surface area (Å²) in [6.45, 7) is 11.6. The molecule has 1 aromatic carbocycles. The van der Waals surface area contributed by atoms with Gasteiger partial charge < -0.3 is 24.4 Å². The van der Waals surface area contributed by atoms with Gasteiger partial charge in [-0.1, -0.05) is 57.2 Å². The monoisotopic (exact) mass is 495 g/mol. The molecule has 2 aliphatic rings. The first kappa shape index (κ1) is 24.1. The number of rotatable bonds is 6. The molecule has 2 N–H and O–H groups in total. The zero-order chi connectivity index (χ0) is 24.8. The smallest absolute Gasteiger partial charge is 0.192 e. The summed E-state index contributed by atoms with van der Waals surface area (Å²) in [4.78, 5) is 12.8. The summed E-state index contributed by atoms with van der Waals surface area (Å²) in [5.74, 6) is 0.327. The molecule has 2 aromatic heterocycles. The summed E-state index contributed by atoms with van der Waals surface area (Å²) in [5, 5.41) is 0.0907. The normalized spacial score (nSPS) is 27.2. The van der Waals surface area contributed by atoms with Crippen LogP contribution in [0.15, 0.2) is 49.1 Å². The van der Waals surface area contributed by atoms with E-state index in [-0.39, 0.29) is 23.4 Å². The lowest BCUT2D eigenvalue weighted by Crippen LogP contribution is -2.44. The van der Waals surface area contributed by atoms with Gasteiger partial charge in [-0.2, -0.15) is 0 Å². The molecule has 0 bridgehead atoms. The van der Waals surface area contributed by atoms with Gasteiger partial charge in [0.2, 0.25) is 0 Å². The van der Waals surface area contributed by atoms with E-state index in [1.165, 1.54) is 6.33 Å². The van der Waals surface area contributed by atoms with E-state index in [9.17, 15) is 0 Å². The zero-order valence-electron chi connectivity index (χ0n) is 20.8. The van der Waals surface area contributed by atoms with E-state index in [0.29, 0.717) is 23.6 Å². The van der Waals surface area contributed by atoms with Gasteiger partial charge in [0.05, 0.1) is 12.9 Å². The largest absolute Gasteiger partial charge is 0.414 e. The SMILES string of the molecule is CC(C)(C)[Si](C)(C)OC[C@H]1O[C@@H](n2cnc3c(N)ncnc32)C2O[C@@H](/C=C/c3ccccc3)OC21. The number of hydrogen-bond acceptors (Lipinski definition) is 8. The summed E-state index contributed by atoms with van der Waals surface area (Å²) in [7, 11) is -1.98. The number of nitrogens with zero attached hydrogens (tertiary/aromatic N) is 4.